The molecule has 1 aromatic carbocycles. The highest BCUT2D eigenvalue weighted by Crippen LogP contribution is 2.61. The second kappa shape index (κ2) is 10.7. The van der Waals surface area contributed by atoms with E-state index in [2.05, 4.69) is 55.3 Å². The number of hydrogen-bond donors (Lipinski definition) is 3. The largest absolute Gasteiger partial charge is 0.488 e. The van der Waals surface area contributed by atoms with Crippen LogP contribution < -0.4 is 10.1 Å². The summed E-state index contributed by atoms with van der Waals surface area (Å²) in [5, 5.41) is 25.6. The van der Waals surface area contributed by atoms with E-state index < -0.39 is 24.2 Å². The average molecular weight is 599 g/mol. The number of rotatable bonds is 9. The van der Waals surface area contributed by atoms with E-state index in [4.69, 9.17) is 9.57 Å². The Hall–Kier alpha value is -1.20. The molecule has 5 rings (SSSR count). The van der Waals surface area contributed by atoms with Crippen molar-refractivity contribution in [1.82, 2.24) is 10.4 Å². The van der Waals surface area contributed by atoms with Crippen LogP contribution in [-0.4, -0.2) is 58.7 Å². The van der Waals surface area contributed by atoms with Crippen LogP contribution in [0.25, 0.3) is 0 Å². The molecule has 0 spiro atoms. The van der Waals surface area contributed by atoms with Crippen molar-refractivity contribution in [1.29, 1.82) is 0 Å². The molecule has 4 aliphatic rings. The van der Waals surface area contributed by atoms with Crippen molar-refractivity contribution in [3.8, 4) is 5.75 Å². The van der Waals surface area contributed by atoms with Gasteiger partial charge in [-0.3, -0.25) is 9.63 Å². The number of aliphatic hydroxyl groups is 2. The molecule has 35 heavy (non-hydrogen) atoms. The molecule has 7 nitrogen and oxygen atoms in total. The molecule has 8 atom stereocenters. The minimum absolute atomic E-state index is 0.105. The molecule has 1 saturated heterocycles. The first kappa shape index (κ1) is 26.9. The Morgan fingerprint density at radius 1 is 1.43 bits per heavy atom. The Bertz CT molecular complexity index is 938. The van der Waals surface area contributed by atoms with E-state index in [9.17, 15) is 15.0 Å². The second-order valence-electron chi connectivity index (χ2n) is 11.1. The van der Waals surface area contributed by atoms with Gasteiger partial charge in [-0.1, -0.05) is 45.6 Å². The normalized spacial score (nSPS) is 34.7. The Kier molecular flexibility index (Phi) is 8.17. The summed E-state index contributed by atoms with van der Waals surface area (Å²) < 4.78 is 6.86. The lowest BCUT2D eigenvalue weighted by Gasteiger charge is -2.62. The molecule has 1 heterocycles. The number of nitrogens with zero attached hydrogens (tertiary/aromatic N) is 1. The van der Waals surface area contributed by atoms with Crippen molar-refractivity contribution in [2.24, 2.45) is 29.1 Å². The smallest absolute Gasteiger partial charge is 0.240 e. The summed E-state index contributed by atoms with van der Waals surface area (Å²) in [4.78, 5) is 19.9. The third-order valence-electron chi connectivity index (χ3n) is 8.78. The number of para-hydroxylation sites is 1. The molecule has 194 valence electrons. The number of aliphatic hydroxyl groups excluding tert-OH is 2. The van der Waals surface area contributed by atoms with E-state index in [1.807, 2.05) is 18.2 Å². The highest BCUT2D eigenvalue weighted by molar-refractivity contribution is 14.1. The molecular formula is C27H39IN2O5. The van der Waals surface area contributed by atoms with E-state index in [1.165, 1.54) is 6.42 Å². The van der Waals surface area contributed by atoms with Crippen molar-refractivity contribution in [2.45, 2.75) is 71.4 Å². The van der Waals surface area contributed by atoms with Crippen molar-refractivity contribution in [3.63, 3.8) is 0 Å². The van der Waals surface area contributed by atoms with E-state index in [0.29, 0.717) is 36.3 Å². The molecule has 0 radical (unpaired) electrons. The monoisotopic (exact) mass is 598 g/mol. The first-order valence-corrected chi connectivity index (χ1v) is 13.7. The van der Waals surface area contributed by atoms with Crippen LogP contribution in [0, 0.1) is 32.7 Å². The minimum atomic E-state index is -0.823. The molecule has 0 aromatic heterocycles. The molecule has 3 saturated carbocycles. The number of ether oxygens (including phenoxy) is 1. The maximum atomic E-state index is 13.8. The van der Waals surface area contributed by atoms with Gasteiger partial charge in [0.05, 0.1) is 22.8 Å². The number of carbonyl (C=O) groups excluding carboxylic acids is 1. The summed E-state index contributed by atoms with van der Waals surface area (Å²) in [6.45, 7) is 12.7. The third kappa shape index (κ3) is 5.01. The fourth-order valence-corrected chi connectivity index (χ4v) is 7.34. The zero-order chi connectivity index (χ0) is 25.5. The zero-order valence-electron chi connectivity index (χ0n) is 21.1. The number of amides is 1. The highest BCUT2D eigenvalue weighted by atomic mass is 127. The van der Waals surface area contributed by atoms with Crippen LogP contribution in [0.4, 0.5) is 0 Å². The van der Waals surface area contributed by atoms with Crippen molar-refractivity contribution >= 4 is 28.5 Å². The highest BCUT2D eigenvalue weighted by Gasteiger charge is 2.57. The summed E-state index contributed by atoms with van der Waals surface area (Å²) in [6.07, 6.45) is 2.42. The van der Waals surface area contributed by atoms with Crippen LogP contribution in [0.3, 0.4) is 0 Å². The van der Waals surface area contributed by atoms with Gasteiger partial charge in [0.15, 0.2) is 0 Å². The lowest BCUT2D eigenvalue weighted by atomic mass is 9.45. The molecule has 1 amide bonds. The fraction of sp³-hybridized carbons (Fsp3) is 0.667. The van der Waals surface area contributed by atoms with Crippen LogP contribution in [0.15, 0.2) is 30.9 Å². The van der Waals surface area contributed by atoms with Crippen molar-refractivity contribution < 1.29 is 24.6 Å². The van der Waals surface area contributed by atoms with Gasteiger partial charge in [-0.15, -0.1) is 0 Å². The molecule has 3 aliphatic carbocycles. The van der Waals surface area contributed by atoms with Gasteiger partial charge in [-0.05, 0) is 71.6 Å². The van der Waals surface area contributed by atoms with Gasteiger partial charge in [0.1, 0.15) is 24.5 Å². The Morgan fingerprint density at radius 3 is 2.77 bits per heavy atom. The van der Waals surface area contributed by atoms with Crippen LogP contribution >= 0.6 is 22.6 Å². The molecule has 4 fully saturated rings. The third-order valence-corrected chi connectivity index (χ3v) is 9.63. The van der Waals surface area contributed by atoms with Gasteiger partial charge in [0.2, 0.25) is 5.91 Å². The number of halogens is 1. The maximum absolute atomic E-state index is 13.8. The lowest BCUT2D eigenvalue weighted by molar-refractivity contribution is -0.183. The maximum Gasteiger partial charge on any atom is 0.240 e. The van der Waals surface area contributed by atoms with E-state index >= 15 is 0 Å². The Labute approximate surface area is 222 Å². The first-order chi connectivity index (χ1) is 16.6. The van der Waals surface area contributed by atoms with Crippen molar-refractivity contribution in [3.05, 3.63) is 40.0 Å². The number of nitrogens with one attached hydrogen (secondary N) is 1. The topological polar surface area (TPSA) is 91.3 Å². The van der Waals surface area contributed by atoms with Gasteiger partial charge < -0.3 is 20.3 Å². The van der Waals surface area contributed by atoms with E-state index in [-0.39, 0.29) is 18.6 Å². The Balaban J connectivity index is 1.57. The summed E-state index contributed by atoms with van der Waals surface area (Å²) in [6, 6.07) is 5.23. The van der Waals surface area contributed by atoms with E-state index in [0.717, 1.165) is 21.3 Å². The van der Waals surface area contributed by atoms with Gasteiger partial charge in [-0.2, -0.15) is 5.06 Å². The van der Waals surface area contributed by atoms with Crippen LogP contribution in [0.2, 0.25) is 0 Å². The number of fused-ring (bicyclic) bond motifs is 2. The summed E-state index contributed by atoms with van der Waals surface area (Å²) >= 11 is 2.23. The zero-order valence-corrected chi connectivity index (χ0v) is 23.3. The van der Waals surface area contributed by atoms with Crippen LogP contribution in [0.5, 0.6) is 5.75 Å². The standard InChI is InChI=1S/C27H39IN2O5/c1-6-10-34-25-17(8-7-9-20(25)28)13-30-24(23(16(3)32)22(14-31)35-30)26(33)29-21-12-18-11-19(15(21)2)27(18,4)5/h6-9,15-16,18-19,21-24,31-32H,1,10-14H2,2-5H3,(H,29,33)/t15?,16-,18+,19-,21-,22?,23+,24-/m0/s1. The predicted molar refractivity (Wildman–Crippen MR) is 142 cm³/mol. The molecule has 1 aromatic rings. The summed E-state index contributed by atoms with van der Waals surface area (Å²) in [5.74, 6) is 1.64. The lowest BCUT2D eigenvalue weighted by Crippen LogP contribution is -2.62. The predicted octanol–water partition coefficient (Wildman–Crippen LogP) is 3.52. The van der Waals surface area contributed by atoms with E-state index in [1.54, 1.807) is 18.1 Å². The van der Waals surface area contributed by atoms with Gasteiger partial charge in [0, 0.05) is 17.5 Å². The molecular weight excluding hydrogens is 559 g/mol. The minimum Gasteiger partial charge on any atom is -0.488 e. The number of carbonyl (C=O) groups is 1. The fourth-order valence-electron chi connectivity index (χ4n) is 6.63. The second-order valence-corrected chi connectivity index (χ2v) is 12.2. The number of hydroxylamine groups is 2. The molecule has 1 aliphatic heterocycles. The van der Waals surface area contributed by atoms with Gasteiger partial charge in [-0.25, -0.2) is 0 Å². The van der Waals surface area contributed by atoms with Gasteiger partial charge >= 0.3 is 0 Å². The molecule has 3 N–H and O–H groups in total. The molecule has 2 unspecified atom stereocenters. The Morgan fingerprint density at radius 2 is 2.17 bits per heavy atom. The van der Waals surface area contributed by atoms with Gasteiger partial charge in [0.25, 0.3) is 0 Å². The molecule has 8 heteroatoms. The SMILES string of the molecule is C=CCOc1c(I)cccc1CN1OC(CO)[C@@H]([C@H](C)O)[C@H]1C(=O)N[C@H]1C[C@H]2C[C@@H](C1C)C2(C)C. The van der Waals surface area contributed by atoms with Crippen LogP contribution in [-0.2, 0) is 16.2 Å². The average Bonchev–Trinajstić information content (AvgIpc) is 3.18. The molecule has 2 bridgehead atoms. The number of hydrogen-bond acceptors (Lipinski definition) is 6. The quantitative estimate of drug-likeness (QED) is 0.298. The number of benzene rings is 1. The first-order valence-electron chi connectivity index (χ1n) is 12.6. The summed E-state index contributed by atoms with van der Waals surface area (Å²) in [7, 11) is 0. The van der Waals surface area contributed by atoms with Crippen molar-refractivity contribution in [2.75, 3.05) is 13.2 Å². The van der Waals surface area contributed by atoms with Crippen LogP contribution in [0.1, 0.15) is 46.1 Å². The summed E-state index contributed by atoms with van der Waals surface area (Å²) in [5.41, 5.74) is 1.20.